The van der Waals surface area contributed by atoms with Gasteiger partial charge in [0.05, 0.1) is 13.2 Å². The maximum absolute atomic E-state index is 11.0. The van der Waals surface area contributed by atoms with Crippen molar-refractivity contribution in [2.75, 3.05) is 33.0 Å². The summed E-state index contributed by atoms with van der Waals surface area (Å²) in [6.07, 6.45) is 5.17. The summed E-state index contributed by atoms with van der Waals surface area (Å²) in [5.74, 6) is -0.141. The lowest BCUT2D eigenvalue weighted by Gasteiger charge is -2.36. The van der Waals surface area contributed by atoms with E-state index in [4.69, 9.17) is 5.26 Å². The van der Waals surface area contributed by atoms with Crippen LogP contribution in [0.4, 0.5) is 0 Å². The van der Waals surface area contributed by atoms with Crippen LogP contribution in [0, 0.1) is 11.3 Å². The molecular weight excluding hydrogens is 236 g/mol. The predicted octanol–water partition coefficient (Wildman–Crippen LogP) is 1.66. The summed E-state index contributed by atoms with van der Waals surface area (Å²) < 4.78 is 4.42. The molecule has 17 heavy (non-hydrogen) atoms. The molecule has 0 aliphatic carbocycles. The predicted molar refractivity (Wildman–Crippen MR) is 68.8 cm³/mol. The highest BCUT2D eigenvalue weighted by atomic mass is 32.2. The number of hydrogen-bond donors (Lipinski definition) is 0. The van der Waals surface area contributed by atoms with E-state index in [2.05, 4.69) is 15.7 Å². The average molecular weight is 256 g/mol. The molecule has 4 nitrogen and oxygen atoms in total. The van der Waals surface area contributed by atoms with Gasteiger partial charge in [-0.3, -0.25) is 4.79 Å². The number of esters is 1. The van der Waals surface area contributed by atoms with E-state index in [0.29, 0.717) is 6.42 Å². The smallest absolute Gasteiger partial charge is 0.305 e. The molecule has 0 spiro atoms. The molecule has 1 fully saturated rings. The van der Waals surface area contributed by atoms with Gasteiger partial charge in [0.15, 0.2) is 0 Å². The van der Waals surface area contributed by atoms with Gasteiger partial charge in [0.1, 0.15) is 4.75 Å². The Hall–Kier alpha value is -0.730. The van der Waals surface area contributed by atoms with Crippen LogP contribution in [0.15, 0.2) is 0 Å². The molecule has 0 atom stereocenters. The van der Waals surface area contributed by atoms with Crippen LogP contribution < -0.4 is 0 Å². The summed E-state index contributed by atoms with van der Waals surface area (Å²) in [4.78, 5) is 13.3. The van der Waals surface area contributed by atoms with Gasteiger partial charge in [-0.25, -0.2) is 0 Å². The lowest BCUT2D eigenvalue weighted by Crippen LogP contribution is -2.41. The van der Waals surface area contributed by atoms with Crippen LogP contribution in [0.5, 0.6) is 0 Å². The van der Waals surface area contributed by atoms with Gasteiger partial charge in [-0.15, -0.1) is 11.8 Å². The Morgan fingerprint density at radius 1 is 1.53 bits per heavy atom. The third-order valence-electron chi connectivity index (χ3n) is 3.34. The van der Waals surface area contributed by atoms with Crippen molar-refractivity contribution in [1.82, 2.24) is 4.90 Å². The number of carbonyl (C=O) groups excluding carboxylic acids is 1. The van der Waals surface area contributed by atoms with E-state index in [1.165, 1.54) is 7.11 Å². The summed E-state index contributed by atoms with van der Waals surface area (Å²) in [5.41, 5.74) is 0. The minimum atomic E-state index is -0.182. The number of nitriles is 1. The number of hydrogen-bond acceptors (Lipinski definition) is 5. The third-order valence-corrected chi connectivity index (χ3v) is 4.62. The second kappa shape index (κ2) is 6.87. The molecular formula is C12H20N2O2S. The fourth-order valence-corrected chi connectivity index (χ4v) is 2.73. The number of methoxy groups -OCH3 is 1. The minimum Gasteiger partial charge on any atom is -0.469 e. The molecule has 1 aliphatic rings. The first-order chi connectivity index (χ1) is 8.15. The molecule has 0 aromatic rings. The monoisotopic (exact) mass is 256 g/mol. The number of piperidine rings is 1. The Kier molecular flexibility index (Phi) is 5.79. The van der Waals surface area contributed by atoms with E-state index >= 15 is 0 Å². The standard InChI is InChI=1S/C12H20N2O2S/c1-16-11(15)4-3-7-14-8-5-12(10-13,17-2)6-9-14/h3-9H2,1-2H3. The Morgan fingerprint density at radius 2 is 2.18 bits per heavy atom. The molecule has 1 saturated heterocycles. The molecule has 0 aromatic heterocycles. The van der Waals surface area contributed by atoms with Crippen molar-refractivity contribution in [3.63, 3.8) is 0 Å². The number of nitrogens with zero attached hydrogens (tertiary/aromatic N) is 2. The summed E-state index contributed by atoms with van der Waals surface area (Å²) in [5, 5.41) is 9.16. The molecule has 0 bridgehead atoms. The number of likely N-dealkylation sites (tertiary alicyclic amines) is 1. The Balaban J connectivity index is 2.24. The van der Waals surface area contributed by atoms with Crippen molar-refractivity contribution < 1.29 is 9.53 Å². The van der Waals surface area contributed by atoms with E-state index in [9.17, 15) is 4.79 Å². The number of rotatable bonds is 5. The van der Waals surface area contributed by atoms with Gasteiger partial charge in [0.2, 0.25) is 0 Å². The van der Waals surface area contributed by atoms with Crippen molar-refractivity contribution in [1.29, 1.82) is 5.26 Å². The van der Waals surface area contributed by atoms with Gasteiger partial charge in [0, 0.05) is 19.5 Å². The van der Waals surface area contributed by atoms with E-state index in [1.807, 2.05) is 6.26 Å². The lowest BCUT2D eigenvalue weighted by atomic mass is 9.97. The highest BCUT2D eigenvalue weighted by Gasteiger charge is 2.33. The van der Waals surface area contributed by atoms with E-state index in [1.54, 1.807) is 11.8 Å². The van der Waals surface area contributed by atoms with E-state index < -0.39 is 0 Å². The van der Waals surface area contributed by atoms with Crippen LogP contribution in [0.25, 0.3) is 0 Å². The second-order valence-corrected chi connectivity index (χ2v) is 5.52. The van der Waals surface area contributed by atoms with Gasteiger partial charge in [0.25, 0.3) is 0 Å². The molecule has 0 unspecified atom stereocenters. The van der Waals surface area contributed by atoms with Crippen LogP contribution in [-0.4, -0.2) is 48.6 Å². The fraction of sp³-hybridized carbons (Fsp3) is 0.833. The Morgan fingerprint density at radius 3 is 2.65 bits per heavy atom. The highest BCUT2D eigenvalue weighted by Crippen LogP contribution is 2.33. The molecule has 1 rings (SSSR count). The highest BCUT2D eigenvalue weighted by molar-refractivity contribution is 8.00. The van der Waals surface area contributed by atoms with Gasteiger partial charge < -0.3 is 9.64 Å². The van der Waals surface area contributed by atoms with Gasteiger partial charge >= 0.3 is 5.97 Å². The summed E-state index contributed by atoms with van der Waals surface area (Å²) in [6.45, 7) is 2.83. The fourth-order valence-electron chi connectivity index (χ4n) is 2.05. The maximum atomic E-state index is 11.0. The molecule has 1 heterocycles. The topological polar surface area (TPSA) is 53.3 Å². The lowest BCUT2D eigenvalue weighted by molar-refractivity contribution is -0.140. The Bertz CT molecular complexity index is 293. The SMILES string of the molecule is COC(=O)CCCN1CCC(C#N)(SC)CC1. The van der Waals surface area contributed by atoms with Crippen molar-refractivity contribution >= 4 is 17.7 Å². The molecule has 0 amide bonds. The maximum Gasteiger partial charge on any atom is 0.305 e. The first kappa shape index (κ1) is 14.3. The van der Waals surface area contributed by atoms with Crippen molar-refractivity contribution in [3.8, 4) is 6.07 Å². The zero-order chi connectivity index (χ0) is 12.7. The van der Waals surface area contributed by atoms with Crippen LogP contribution in [0.2, 0.25) is 0 Å². The quantitative estimate of drug-likeness (QED) is 0.700. The van der Waals surface area contributed by atoms with E-state index in [-0.39, 0.29) is 10.7 Å². The molecule has 1 aliphatic heterocycles. The van der Waals surface area contributed by atoms with Crippen LogP contribution in [0.1, 0.15) is 25.7 Å². The largest absolute Gasteiger partial charge is 0.469 e. The first-order valence-electron chi connectivity index (χ1n) is 5.91. The molecule has 0 radical (unpaired) electrons. The van der Waals surface area contributed by atoms with E-state index in [0.717, 1.165) is 38.9 Å². The Labute approximate surface area is 107 Å². The van der Waals surface area contributed by atoms with Crippen LogP contribution >= 0.6 is 11.8 Å². The summed E-state index contributed by atoms with van der Waals surface area (Å²) in [7, 11) is 1.42. The van der Waals surface area contributed by atoms with Crippen molar-refractivity contribution in [2.45, 2.75) is 30.4 Å². The molecule has 0 N–H and O–H groups in total. The normalized spacial score (nSPS) is 19.6. The molecule has 0 saturated carbocycles. The van der Waals surface area contributed by atoms with Gasteiger partial charge in [-0.1, -0.05) is 0 Å². The summed E-state index contributed by atoms with van der Waals surface area (Å²) >= 11 is 1.67. The zero-order valence-corrected chi connectivity index (χ0v) is 11.4. The van der Waals surface area contributed by atoms with Crippen LogP contribution in [0.3, 0.4) is 0 Å². The number of ether oxygens (including phenoxy) is 1. The van der Waals surface area contributed by atoms with Gasteiger partial charge in [-0.2, -0.15) is 5.26 Å². The molecule has 0 aromatic carbocycles. The number of carbonyl (C=O) groups is 1. The van der Waals surface area contributed by atoms with Gasteiger partial charge in [-0.05, 0) is 32.1 Å². The average Bonchev–Trinajstić information content (AvgIpc) is 2.39. The zero-order valence-electron chi connectivity index (χ0n) is 10.6. The number of thioether (sulfide) groups is 1. The molecule has 5 heteroatoms. The van der Waals surface area contributed by atoms with Crippen molar-refractivity contribution in [3.05, 3.63) is 0 Å². The first-order valence-corrected chi connectivity index (χ1v) is 7.14. The summed E-state index contributed by atoms with van der Waals surface area (Å²) in [6, 6.07) is 2.43. The van der Waals surface area contributed by atoms with Crippen LogP contribution in [-0.2, 0) is 9.53 Å². The second-order valence-electron chi connectivity index (χ2n) is 4.33. The molecule has 96 valence electrons. The van der Waals surface area contributed by atoms with Crippen molar-refractivity contribution in [2.24, 2.45) is 0 Å². The minimum absolute atomic E-state index is 0.141. The third kappa shape index (κ3) is 4.21.